The average Bonchev–Trinajstić information content (AvgIpc) is 3.52. The van der Waals surface area contributed by atoms with E-state index in [9.17, 15) is 4.79 Å². The van der Waals surface area contributed by atoms with Gasteiger partial charge < -0.3 is 10.2 Å². The Hall–Kier alpha value is -2.43. The van der Waals surface area contributed by atoms with Gasteiger partial charge in [-0.1, -0.05) is 43.0 Å². The van der Waals surface area contributed by atoms with E-state index >= 15 is 4.39 Å². The van der Waals surface area contributed by atoms with E-state index in [0.29, 0.717) is 37.7 Å². The van der Waals surface area contributed by atoms with Crippen molar-refractivity contribution in [1.82, 2.24) is 10.2 Å². The third-order valence-corrected chi connectivity index (χ3v) is 5.80. The predicted molar refractivity (Wildman–Crippen MR) is 112 cm³/mol. The highest BCUT2D eigenvalue weighted by atomic mass is 19.1. The maximum Gasteiger partial charge on any atom is 0.226 e. The molecule has 1 heterocycles. The smallest absolute Gasteiger partial charge is 0.226 e. The molecular formula is C23H30FN3O. The summed E-state index contributed by atoms with van der Waals surface area (Å²) in [4.78, 5) is 18.8. The van der Waals surface area contributed by atoms with Crippen molar-refractivity contribution in [2.75, 3.05) is 19.6 Å². The molecule has 0 spiro atoms. The van der Waals surface area contributed by atoms with Crippen LogP contribution in [0.1, 0.15) is 44.6 Å². The summed E-state index contributed by atoms with van der Waals surface area (Å²) in [5, 5.41) is 2.98. The number of carbonyl (C=O) groups is 1. The second kappa shape index (κ2) is 8.72. The number of nitrogens with zero attached hydrogens (tertiary/aromatic N) is 2. The molecule has 0 bridgehead atoms. The number of allylic oxidation sites excluding steroid dienone is 2. The summed E-state index contributed by atoms with van der Waals surface area (Å²) in [6.45, 7) is 8.83. The Balaban J connectivity index is 1.44. The number of rotatable bonds is 7. The van der Waals surface area contributed by atoms with E-state index in [1.165, 1.54) is 5.56 Å². The summed E-state index contributed by atoms with van der Waals surface area (Å²) in [6, 6.07) is 10.2. The van der Waals surface area contributed by atoms with E-state index < -0.39 is 5.67 Å². The molecule has 2 fully saturated rings. The minimum absolute atomic E-state index is 0.0663. The lowest BCUT2D eigenvalue weighted by molar-refractivity contribution is -0.135. The van der Waals surface area contributed by atoms with E-state index in [1.807, 2.05) is 43.0 Å². The number of piperidine rings is 1. The Morgan fingerprint density at radius 2 is 2.04 bits per heavy atom. The van der Waals surface area contributed by atoms with Gasteiger partial charge in [0.05, 0.1) is 6.54 Å². The summed E-state index contributed by atoms with van der Waals surface area (Å²) in [6.07, 6.45) is 5.26. The van der Waals surface area contributed by atoms with Crippen LogP contribution in [0.4, 0.5) is 4.39 Å². The zero-order valence-electron chi connectivity index (χ0n) is 16.8. The van der Waals surface area contributed by atoms with Crippen molar-refractivity contribution in [1.29, 1.82) is 0 Å². The monoisotopic (exact) mass is 383 g/mol. The van der Waals surface area contributed by atoms with Crippen LogP contribution in [0.5, 0.6) is 0 Å². The quantitative estimate of drug-likeness (QED) is 0.717. The van der Waals surface area contributed by atoms with Gasteiger partial charge in [0, 0.05) is 38.1 Å². The zero-order valence-corrected chi connectivity index (χ0v) is 16.8. The second-order valence-electron chi connectivity index (χ2n) is 7.93. The van der Waals surface area contributed by atoms with Crippen LogP contribution in [-0.4, -0.2) is 42.3 Å². The average molecular weight is 384 g/mol. The largest absolute Gasteiger partial charge is 0.367 e. The molecule has 0 radical (unpaired) electrons. The van der Waals surface area contributed by atoms with Crippen LogP contribution in [0.25, 0.3) is 0 Å². The van der Waals surface area contributed by atoms with Crippen molar-refractivity contribution in [2.45, 2.75) is 44.7 Å². The molecule has 4 nitrogen and oxygen atoms in total. The van der Waals surface area contributed by atoms with Crippen LogP contribution in [0.3, 0.4) is 0 Å². The lowest BCUT2D eigenvalue weighted by Crippen LogP contribution is -2.49. The van der Waals surface area contributed by atoms with Gasteiger partial charge in [-0.25, -0.2) is 9.38 Å². The molecule has 1 aliphatic heterocycles. The molecule has 1 N–H and O–H groups in total. The number of benzene rings is 1. The van der Waals surface area contributed by atoms with Gasteiger partial charge in [0.15, 0.2) is 0 Å². The number of carbonyl (C=O) groups excluding carboxylic acids is 1. The Bertz CT molecular complexity index is 763. The first kappa shape index (κ1) is 20.3. The number of nitrogens with one attached hydrogen (secondary N) is 1. The molecule has 1 aliphatic carbocycles. The Morgan fingerprint density at radius 1 is 1.36 bits per heavy atom. The summed E-state index contributed by atoms with van der Waals surface area (Å²) >= 11 is 0. The highest BCUT2D eigenvalue weighted by molar-refractivity contribution is 5.83. The molecule has 1 amide bonds. The molecule has 0 aromatic heterocycles. The molecule has 150 valence electrons. The molecule has 1 aromatic carbocycles. The van der Waals surface area contributed by atoms with Crippen molar-refractivity contribution >= 4 is 12.1 Å². The van der Waals surface area contributed by atoms with Crippen LogP contribution in [-0.2, 0) is 4.79 Å². The SMILES string of the molecule is C=C(/N=C\C(C)=C/C)NCC1(F)CCN(C(=O)C2C[C@@H]2c2ccccc2)CC1. The lowest BCUT2D eigenvalue weighted by atomic mass is 9.93. The Kier molecular flexibility index (Phi) is 6.32. The maximum absolute atomic E-state index is 15.1. The first-order valence-corrected chi connectivity index (χ1v) is 10.0. The molecule has 1 aromatic rings. The van der Waals surface area contributed by atoms with Crippen molar-refractivity contribution in [2.24, 2.45) is 10.9 Å². The van der Waals surface area contributed by atoms with Crippen LogP contribution >= 0.6 is 0 Å². The van der Waals surface area contributed by atoms with E-state index in [4.69, 9.17) is 0 Å². The van der Waals surface area contributed by atoms with E-state index in [-0.39, 0.29) is 18.4 Å². The van der Waals surface area contributed by atoms with Crippen molar-refractivity contribution in [3.63, 3.8) is 0 Å². The normalized spacial score (nSPS) is 24.2. The molecule has 5 heteroatoms. The first-order chi connectivity index (χ1) is 13.4. The molecule has 1 saturated carbocycles. The molecule has 2 atom stereocenters. The molecular weight excluding hydrogens is 353 g/mol. The van der Waals surface area contributed by atoms with E-state index in [2.05, 4.69) is 29.0 Å². The molecule has 3 rings (SSSR count). The minimum Gasteiger partial charge on any atom is -0.367 e. The second-order valence-corrected chi connectivity index (χ2v) is 7.93. The van der Waals surface area contributed by atoms with Crippen LogP contribution < -0.4 is 5.32 Å². The predicted octanol–water partition coefficient (Wildman–Crippen LogP) is 4.22. The Morgan fingerprint density at radius 3 is 2.68 bits per heavy atom. The van der Waals surface area contributed by atoms with Gasteiger partial charge in [-0.2, -0.15) is 0 Å². The number of amides is 1. The molecule has 1 saturated heterocycles. The number of alkyl halides is 1. The van der Waals surface area contributed by atoms with Gasteiger partial charge in [-0.05, 0) is 37.3 Å². The fraction of sp³-hybridized carbons (Fsp3) is 0.478. The number of aliphatic imine (C=N–C) groups is 1. The number of hydrogen-bond donors (Lipinski definition) is 1. The molecule has 1 unspecified atom stereocenters. The van der Waals surface area contributed by atoms with E-state index in [0.717, 1.165) is 12.0 Å². The highest BCUT2D eigenvalue weighted by Gasteiger charge is 2.47. The first-order valence-electron chi connectivity index (χ1n) is 10.0. The van der Waals surface area contributed by atoms with Gasteiger partial charge in [-0.3, -0.25) is 4.79 Å². The Labute approximate surface area is 167 Å². The van der Waals surface area contributed by atoms with Gasteiger partial charge in [0.2, 0.25) is 5.91 Å². The third kappa shape index (κ3) is 5.09. The topological polar surface area (TPSA) is 44.7 Å². The summed E-state index contributed by atoms with van der Waals surface area (Å²) in [5.74, 6) is 1.03. The zero-order chi connectivity index (χ0) is 20.1. The lowest BCUT2D eigenvalue weighted by Gasteiger charge is -2.36. The van der Waals surface area contributed by atoms with Gasteiger partial charge >= 0.3 is 0 Å². The highest BCUT2D eigenvalue weighted by Crippen LogP contribution is 2.48. The van der Waals surface area contributed by atoms with Gasteiger partial charge in [-0.15, -0.1) is 0 Å². The summed E-state index contributed by atoms with van der Waals surface area (Å²) < 4.78 is 15.1. The number of halogens is 1. The summed E-state index contributed by atoms with van der Waals surface area (Å²) in [5.41, 5.74) is 0.931. The number of likely N-dealkylation sites (tertiary alicyclic amines) is 1. The van der Waals surface area contributed by atoms with Crippen molar-refractivity contribution < 1.29 is 9.18 Å². The fourth-order valence-corrected chi connectivity index (χ4v) is 3.64. The van der Waals surface area contributed by atoms with Crippen molar-refractivity contribution in [3.8, 4) is 0 Å². The third-order valence-electron chi connectivity index (χ3n) is 5.80. The molecule has 2 aliphatic rings. The minimum atomic E-state index is -1.33. The summed E-state index contributed by atoms with van der Waals surface area (Å²) in [7, 11) is 0. The maximum atomic E-state index is 15.1. The van der Waals surface area contributed by atoms with E-state index in [1.54, 1.807) is 6.21 Å². The standard InChI is InChI=1S/C23H30FN3O/c1-4-17(2)15-25-18(3)26-16-23(24)10-12-27(13-11-23)22(28)21-14-20(21)19-8-6-5-7-9-19/h4-9,15,20-21,26H,3,10-14,16H2,1-2H3/b17-4-,25-15-/t20-,21?/m1/s1. The van der Waals surface area contributed by atoms with Gasteiger partial charge in [0.25, 0.3) is 0 Å². The van der Waals surface area contributed by atoms with Crippen LogP contribution in [0.2, 0.25) is 0 Å². The van der Waals surface area contributed by atoms with Crippen LogP contribution in [0.15, 0.2) is 59.4 Å². The van der Waals surface area contributed by atoms with Gasteiger partial charge in [0.1, 0.15) is 11.5 Å². The van der Waals surface area contributed by atoms with Crippen molar-refractivity contribution in [3.05, 3.63) is 59.9 Å². The number of hydrogen-bond acceptors (Lipinski definition) is 3. The van der Waals surface area contributed by atoms with Crippen LogP contribution in [0, 0.1) is 5.92 Å². The molecule has 28 heavy (non-hydrogen) atoms. The fourth-order valence-electron chi connectivity index (χ4n) is 3.64.